The van der Waals surface area contributed by atoms with Crippen LogP contribution in [-0.4, -0.2) is 40.2 Å². The Labute approximate surface area is 169 Å². The number of anilines is 2. The Kier molecular flexibility index (Phi) is 6.69. The van der Waals surface area contributed by atoms with Gasteiger partial charge in [-0.1, -0.05) is 17.7 Å². The minimum Gasteiger partial charge on any atom is -0.462 e. The average Bonchev–Trinajstić information content (AvgIpc) is 2.62. The van der Waals surface area contributed by atoms with Gasteiger partial charge in [-0.05, 0) is 49.7 Å². The summed E-state index contributed by atoms with van der Waals surface area (Å²) in [6.07, 6.45) is 1.06. The lowest BCUT2D eigenvalue weighted by Crippen LogP contribution is -2.25. The molecule has 0 bridgehead atoms. The van der Waals surface area contributed by atoms with Crippen molar-refractivity contribution in [3.63, 3.8) is 0 Å². The number of amides is 1. The van der Waals surface area contributed by atoms with E-state index < -0.39 is 21.9 Å². The van der Waals surface area contributed by atoms with E-state index in [1.165, 1.54) is 25.2 Å². The number of esters is 1. The first-order valence-corrected chi connectivity index (χ1v) is 10.6. The third-order valence-electron chi connectivity index (χ3n) is 4.13. The number of hydrogen-bond acceptors (Lipinski definition) is 5. The molecule has 0 atom stereocenters. The fraction of sp³-hybridized carbons (Fsp3) is 0.263. The van der Waals surface area contributed by atoms with E-state index in [1.807, 2.05) is 0 Å². The Hall–Kier alpha value is -2.58. The second kappa shape index (κ2) is 8.62. The predicted octanol–water partition coefficient (Wildman–Crippen LogP) is 3.47. The van der Waals surface area contributed by atoms with Crippen LogP contribution in [0.3, 0.4) is 0 Å². The quantitative estimate of drug-likeness (QED) is 0.716. The lowest BCUT2D eigenvalue weighted by molar-refractivity contribution is 0.0525. The molecule has 0 fully saturated rings. The maximum atomic E-state index is 12.7. The summed E-state index contributed by atoms with van der Waals surface area (Å²) in [5.41, 5.74) is 1.73. The minimum atomic E-state index is -3.49. The highest BCUT2D eigenvalue weighted by Crippen LogP contribution is 2.26. The predicted molar refractivity (Wildman–Crippen MR) is 110 cm³/mol. The monoisotopic (exact) mass is 424 g/mol. The first kappa shape index (κ1) is 21.7. The van der Waals surface area contributed by atoms with Crippen molar-refractivity contribution in [3.05, 3.63) is 58.1 Å². The van der Waals surface area contributed by atoms with Gasteiger partial charge < -0.3 is 10.1 Å². The zero-order valence-electron chi connectivity index (χ0n) is 15.9. The van der Waals surface area contributed by atoms with E-state index in [-0.39, 0.29) is 17.2 Å². The van der Waals surface area contributed by atoms with Crippen LogP contribution >= 0.6 is 11.6 Å². The van der Waals surface area contributed by atoms with Gasteiger partial charge in [-0.25, -0.2) is 13.2 Å². The molecule has 2 aromatic rings. The van der Waals surface area contributed by atoms with Crippen LogP contribution in [0.1, 0.15) is 33.2 Å². The van der Waals surface area contributed by atoms with Gasteiger partial charge >= 0.3 is 5.97 Å². The van der Waals surface area contributed by atoms with Crippen LogP contribution in [0.15, 0.2) is 36.4 Å². The number of nitrogens with one attached hydrogen (secondary N) is 1. The van der Waals surface area contributed by atoms with Gasteiger partial charge in [0.05, 0.1) is 34.7 Å². The second-order valence-electron chi connectivity index (χ2n) is 6.05. The lowest BCUT2D eigenvalue weighted by atomic mass is 10.1. The molecular formula is C19H21ClN2O5S. The fourth-order valence-corrected chi connectivity index (χ4v) is 3.17. The molecule has 0 unspecified atom stereocenters. The van der Waals surface area contributed by atoms with Gasteiger partial charge in [0.15, 0.2) is 0 Å². The number of nitrogens with zero attached hydrogens (tertiary/aromatic N) is 1. The molecule has 0 aliphatic heterocycles. The normalized spacial score (nSPS) is 11.0. The van der Waals surface area contributed by atoms with Crippen LogP contribution in [0.2, 0.25) is 5.02 Å². The largest absolute Gasteiger partial charge is 0.462 e. The molecule has 28 heavy (non-hydrogen) atoms. The van der Waals surface area contributed by atoms with Gasteiger partial charge in [0.1, 0.15) is 0 Å². The standard InChI is InChI=1S/C19H21ClN2O5S/c1-5-27-19(24)14-7-6-8-17(12(14)2)21-18(23)15-11-13(9-10-16(15)20)22(3)28(4,25)26/h6-11H,5H2,1-4H3,(H,21,23). The summed E-state index contributed by atoms with van der Waals surface area (Å²) in [4.78, 5) is 24.8. The van der Waals surface area contributed by atoms with E-state index in [4.69, 9.17) is 16.3 Å². The molecule has 0 radical (unpaired) electrons. The Morgan fingerprint density at radius 1 is 1.18 bits per heavy atom. The maximum absolute atomic E-state index is 12.7. The minimum absolute atomic E-state index is 0.107. The van der Waals surface area contributed by atoms with Crippen molar-refractivity contribution >= 4 is 44.9 Å². The summed E-state index contributed by atoms with van der Waals surface area (Å²) in [7, 11) is -2.11. The Morgan fingerprint density at radius 2 is 1.86 bits per heavy atom. The number of halogens is 1. The third kappa shape index (κ3) is 4.82. The number of hydrogen-bond donors (Lipinski definition) is 1. The molecule has 0 aliphatic rings. The van der Waals surface area contributed by atoms with Crippen molar-refractivity contribution < 1.29 is 22.7 Å². The molecule has 9 heteroatoms. The van der Waals surface area contributed by atoms with Crippen molar-refractivity contribution in [1.29, 1.82) is 0 Å². The second-order valence-corrected chi connectivity index (χ2v) is 8.47. The van der Waals surface area contributed by atoms with E-state index in [0.717, 1.165) is 10.6 Å². The number of rotatable bonds is 6. The number of carbonyl (C=O) groups excluding carboxylic acids is 2. The van der Waals surface area contributed by atoms with Crippen molar-refractivity contribution in [2.24, 2.45) is 0 Å². The lowest BCUT2D eigenvalue weighted by Gasteiger charge is -2.18. The summed E-state index contributed by atoms with van der Waals surface area (Å²) in [5.74, 6) is -1.01. The molecule has 2 aromatic carbocycles. The van der Waals surface area contributed by atoms with Crippen LogP contribution in [0.25, 0.3) is 0 Å². The van der Waals surface area contributed by atoms with E-state index in [0.29, 0.717) is 22.5 Å². The average molecular weight is 425 g/mol. The Bertz CT molecular complexity index is 1020. The highest BCUT2D eigenvalue weighted by molar-refractivity contribution is 7.92. The molecule has 0 saturated carbocycles. The molecule has 0 spiro atoms. The topological polar surface area (TPSA) is 92.8 Å². The van der Waals surface area contributed by atoms with Crippen LogP contribution in [0, 0.1) is 6.92 Å². The molecule has 0 aromatic heterocycles. The van der Waals surface area contributed by atoms with Gasteiger partial charge in [0, 0.05) is 12.7 Å². The number of benzene rings is 2. The first-order chi connectivity index (χ1) is 13.1. The van der Waals surface area contributed by atoms with Crippen molar-refractivity contribution in [3.8, 4) is 0 Å². The Balaban J connectivity index is 2.36. The maximum Gasteiger partial charge on any atom is 0.338 e. The highest BCUT2D eigenvalue weighted by Gasteiger charge is 2.19. The van der Waals surface area contributed by atoms with Crippen molar-refractivity contribution in [2.45, 2.75) is 13.8 Å². The molecule has 7 nitrogen and oxygen atoms in total. The fourth-order valence-electron chi connectivity index (χ4n) is 2.47. The van der Waals surface area contributed by atoms with Crippen LogP contribution in [-0.2, 0) is 14.8 Å². The molecule has 0 saturated heterocycles. The molecule has 150 valence electrons. The van der Waals surface area contributed by atoms with Crippen LogP contribution in [0.4, 0.5) is 11.4 Å². The smallest absolute Gasteiger partial charge is 0.338 e. The summed E-state index contributed by atoms with van der Waals surface area (Å²) in [6.45, 7) is 3.64. The summed E-state index contributed by atoms with van der Waals surface area (Å²) in [5, 5.41) is 2.88. The molecule has 1 amide bonds. The molecular weight excluding hydrogens is 404 g/mol. The van der Waals surface area contributed by atoms with Crippen LogP contribution in [0.5, 0.6) is 0 Å². The van der Waals surface area contributed by atoms with Gasteiger partial charge in [0.25, 0.3) is 5.91 Å². The number of ether oxygens (including phenoxy) is 1. The van der Waals surface area contributed by atoms with Crippen molar-refractivity contribution in [2.75, 3.05) is 29.5 Å². The molecule has 0 heterocycles. The highest BCUT2D eigenvalue weighted by atomic mass is 35.5. The van der Waals surface area contributed by atoms with Gasteiger partial charge in [-0.3, -0.25) is 9.10 Å². The molecule has 2 rings (SSSR count). The van der Waals surface area contributed by atoms with Gasteiger partial charge in [-0.15, -0.1) is 0 Å². The van der Waals surface area contributed by atoms with E-state index in [2.05, 4.69) is 5.32 Å². The SMILES string of the molecule is CCOC(=O)c1cccc(NC(=O)c2cc(N(C)S(C)(=O)=O)ccc2Cl)c1C. The van der Waals surface area contributed by atoms with Crippen molar-refractivity contribution in [1.82, 2.24) is 0 Å². The van der Waals surface area contributed by atoms with Gasteiger partial charge in [-0.2, -0.15) is 0 Å². The number of carbonyl (C=O) groups is 2. The summed E-state index contributed by atoms with van der Waals surface area (Å²) >= 11 is 6.14. The third-order valence-corrected chi connectivity index (χ3v) is 5.67. The van der Waals surface area contributed by atoms with E-state index in [1.54, 1.807) is 32.0 Å². The summed E-state index contributed by atoms with van der Waals surface area (Å²) < 4.78 is 29.5. The van der Waals surface area contributed by atoms with Gasteiger partial charge in [0.2, 0.25) is 10.0 Å². The molecule has 1 N–H and O–H groups in total. The zero-order chi connectivity index (χ0) is 21.1. The zero-order valence-corrected chi connectivity index (χ0v) is 17.5. The van der Waals surface area contributed by atoms with Crippen LogP contribution < -0.4 is 9.62 Å². The van der Waals surface area contributed by atoms with E-state index >= 15 is 0 Å². The Morgan fingerprint density at radius 3 is 2.46 bits per heavy atom. The summed E-state index contributed by atoms with van der Waals surface area (Å²) in [6, 6.07) is 9.24. The van der Waals surface area contributed by atoms with E-state index in [9.17, 15) is 18.0 Å². The number of sulfonamides is 1. The first-order valence-electron chi connectivity index (χ1n) is 8.37. The molecule has 0 aliphatic carbocycles.